The summed E-state index contributed by atoms with van der Waals surface area (Å²) in [6.07, 6.45) is 7.20. The minimum Gasteiger partial charge on any atom is -0.350 e. The van der Waals surface area contributed by atoms with E-state index < -0.39 is 0 Å². The zero-order valence-corrected chi connectivity index (χ0v) is 15.4. The Labute approximate surface area is 153 Å². The number of aromatic nitrogens is 2. The fourth-order valence-electron chi connectivity index (χ4n) is 4.04. The van der Waals surface area contributed by atoms with Gasteiger partial charge < -0.3 is 15.2 Å². The van der Waals surface area contributed by atoms with E-state index in [9.17, 15) is 14.4 Å². The second kappa shape index (κ2) is 8.47. The van der Waals surface area contributed by atoms with Crippen LogP contribution in [-0.4, -0.2) is 39.8 Å². The van der Waals surface area contributed by atoms with Gasteiger partial charge >= 0.3 is 0 Å². The minimum atomic E-state index is -0.219. The molecule has 2 fully saturated rings. The van der Waals surface area contributed by atoms with Gasteiger partial charge in [-0.2, -0.15) is 0 Å². The van der Waals surface area contributed by atoms with Crippen LogP contribution in [0.5, 0.6) is 0 Å². The Morgan fingerprint density at radius 2 is 2.04 bits per heavy atom. The molecule has 1 saturated carbocycles. The van der Waals surface area contributed by atoms with Crippen molar-refractivity contribution >= 4 is 11.8 Å². The first-order valence-corrected chi connectivity index (χ1v) is 9.63. The fourth-order valence-corrected chi connectivity index (χ4v) is 4.04. The van der Waals surface area contributed by atoms with Crippen LogP contribution in [0.3, 0.4) is 0 Å². The van der Waals surface area contributed by atoms with Gasteiger partial charge in [-0.05, 0) is 32.1 Å². The topological polar surface area (TPSA) is 95.2 Å². The molecule has 3 rings (SSSR count). The van der Waals surface area contributed by atoms with Crippen LogP contribution in [0.15, 0.2) is 10.9 Å². The number of rotatable bonds is 5. The van der Waals surface area contributed by atoms with E-state index in [1.165, 1.54) is 38.2 Å². The van der Waals surface area contributed by atoms with Gasteiger partial charge in [-0.3, -0.25) is 14.4 Å². The second-order valence-corrected chi connectivity index (χ2v) is 7.58. The van der Waals surface area contributed by atoms with Gasteiger partial charge in [0.05, 0.1) is 18.2 Å². The molecule has 1 aromatic heterocycles. The quantitative estimate of drug-likeness (QED) is 0.832. The molecule has 1 aliphatic carbocycles. The molecule has 2 heterocycles. The van der Waals surface area contributed by atoms with Gasteiger partial charge in [0, 0.05) is 25.6 Å². The molecular weight excluding hydrogens is 332 g/mol. The van der Waals surface area contributed by atoms with Gasteiger partial charge in [0.1, 0.15) is 5.82 Å². The number of hydrogen-bond donors (Lipinski definition) is 2. The Balaban J connectivity index is 1.53. The average Bonchev–Trinajstić information content (AvgIpc) is 2.61. The zero-order chi connectivity index (χ0) is 18.5. The number of nitrogens with zero attached hydrogens (tertiary/aromatic N) is 2. The van der Waals surface area contributed by atoms with E-state index >= 15 is 0 Å². The molecule has 0 bridgehead atoms. The van der Waals surface area contributed by atoms with Crippen LogP contribution >= 0.6 is 0 Å². The Bertz CT molecular complexity index is 709. The second-order valence-electron chi connectivity index (χ2n) is 7.58. The van der Waals surface area contributed by atoms with Crippen molar-refractivity contribution in [1.29, 1.82) is 0 Å². The van der Waals surface area contributed by atoms with Crippen molar-refractivity contribution in [3.63, 3.8) is 0 Å². The molecule has 142 valence electrons. The van der Waals surface area contributed by atoms with Gasteiger partial charge in [-0.15, -0.1) is 0 Å². The fraction of sp³-hybridized carbons (Fsp3) is 0.684. The zero-order valence-electron chi connectivity index (χ0n) is 15.4. The first kappa shape index (κ1) is 18.6. The molecular formula is C19H28N4O3. The Hall–Kier alpha value is -2.18. The maximum atomic E-state index is 12.5. The minimum absolute atomic E-state index is 0.0640. The lowest BCUT2D eigenvalue weighted by Gasteiger charge is -2.35. The molecule has 2 aliphatic rings. The molecule has 7 heteroatoms. The smallest absolute Gasteiger partial charge is 0.251 e. The van der Waals surface area contributed by atoms with Crippen molar-refractivity contribution < 1.29 is 9.59 Å². The third kappa shape index (κ3) is 4.93. The van der Waals surface area contributed by atoms with E-state index in [-0.39, 0.29) is 29.8 Å². The standard InChI is InChI=1S/C19H28N4O3/c1-13-21-16(9-17(24)22-13)10-20-19(26)15-7-8-18(25)23(12-15)11-14-5-3-2-4-6-14/h9,14-15H,2-8,10-12H2,1H3,(H,20,26)(H,21,22,24)/t15-/m0/s1. The largest absolute Gasteiger partial charge is 0.350 e. The summed E-state index contributed by atoms with van der Waals surface area (Å²) in [6.45, 7) is 3.24. The summed E-state index contributed by atoms with van der Waals surface area (Å²) < 4.78 is 0. The lowest BCUT2D eigenvalue weighted by molar-refractivity contribution is -0.139. The van der Waals surface area contributed by atoms with Crippen LogP contribution in [0.2, 0.25) is 0 Å². The summed E-state index contributed by atoms with van der Waals surface area (Å²) in [5.41, 5.74) is 0.328. The van der Waals surface area contributed by atoms with Gasteiger partial charge in [-0.25, -0.2) is 4.98 Å². The molecule has 1 aliphatic heterocycles. The molecule has 7 nitrogen and oxygen atoms in total. The van der Waals surface area contributed by atoms with Crippen LogP contribution in [-0.2, 0) is 16.1 Å². The predicted molar refractivity (Wildman–Crippen MR) is 97.3 cm³/mol. The summed E-state index contributed by atoms with van der Waals surface area (Å²) in [7, 11) is 0. The number of carbonyl (C=O) groups excluding carboxylic acids is 2. The van der Waals surface area contributed by atoms with Crippen LogP contribution < -0.4 is 10.9 Å². The first-order valence-electron chi connectivity index (χ1n) is 9.63. The molecule has 1 atom stereocenters. The van der Waals surface area contributed by atoms with Gasteiger partial charge in [-0.1, -0.05) is 19.3 Å². The Morgan fingerprint density at radius 1 is 1.27 bits per heavy atom. The number of H-pyrrole nitrogens is 1. The molecule has 0 unspecified atom stereocenters. The lowest BCUT2D eigenvalue weighted by atomic mass is 9.87. The van der Waals surface area contributed by atoms with Crippen molar-refractivity contribution in [2.45, 2.75) is 58.4 Å². The van der Waals surface area contributed by atoms with Crippen molar-refractivity contribution in [3.05, 3.63) is 27.9 Å². The first-order chi connectivity index (χ1) is 12.5. The van der Waals surface area contributed by atoms with Gasteiger partial charge in [0.15, 0.2) is 0 Å². The molecule has 2 N–H and O–H groups in total. The van der Waals surface area contributed by atoms with Crippen molar-refractivity contribution in [3.8, 4) is 0 Å². The molecule has 26 heavy (non-hydrogen) atoms. The van der Waals surface area contributed by atoms with Crippen LogP contribution in [0.1, 0.15) is 56.5 Å². The summed E-state index contributed by atoms with van der Waals surface area (Å²) in [6, 6.07) is 1.40. The summed E-state index contributed by atoms with van der Waals surface area (Å²) >= 11 is 0. The number of piperidine rings is 1. The maximum absolute atomic E-state index is 12.5. The summed E-state index contributed by atoms with van der Waals surface area (Å²) in [4.78, 5) is 44.9. The Kier molecular flexibility index (Phi) is 6.06. The molecule has 2 amide bonds. The summed E-state index contributed by atoms with van der Waals surface area (Å²) in [5.74, 6) is 1.04. The predicted octanol–water partition coefficient (Wildman–Crippen LogP) is 1.51. The number of amides is 2. The highest BCUT2D eigenvalue weighted by Gasteiger charge is 2.31. The molecule has 1 aromatic rings. The van der Waals surface area contributed by atoms with Crippen LogP contribution in [0.25, 0.3) is 0 Å². The number of aryl methyl sites for hydroxylation is 1. The van der Waals surface area contributed by atoms with Gasteiger partial charge in [0.25, 0.3) is 5.56 Å². The van der Waals surface area contributed by atoms with Crippen molar-refractivity contribution in [2.75, 3.05) is 13.1 Å². The maximum Gasteiger partial charge on any atom is 0.251 e. The number of likely N-dealkylation sites (tertiary alicyclic amines) is 1. The van der Waals surface area contributed by atoms with E-state index in [2.05, 4.69) is 15.3 Å². The number of hydrogen-bond acceptors (Lipinski definition) is 4. The molecule has 0 aromatic carbocycles. The highest BCUT2D eigenvalue weighted by Crippen LogP contribution is 2.27. The normalized spacial score (nSPS) is 21.7. The van der Waals surface area contributed by atoms with Crippen LogP contribution in [0.4, 0.5) is 0 Å². The summed E-state index contributed by atoms with van der Waals surface area (Å²) in [5, 5.41) is 2.87. The third-order valence-corrected chi connectivity index (χ3v) is 5.43. The van der Waals surface area contributed by atoms with Crippen molar-refractivity contribution in [1.82, 2.24) is 20.2 Å². The number of nitrogens with one attached hydrogen (secondary N) is 2. The monoisotopic (exact) mass is 360 g/mol. The van der Waals surface area contributed by atoms with E-state index in [0.29, 0.717) is 36.8 Å². The Morgan fingerprint density at radius 3 is 2.77 bits per heavy atom. The van der Waals surface area contributed by atoms with Crippen LogP contribution in [0, 0.1) is 18.8 Å². The van der Waals surface area contributed by atoms with E-state index in [4.69, 9.17) is 0 Å². The average molecular weight is 360 g/mol. The molecule has 0 spiro atoms. The third-order valence-electron chi connectivity index (χ3n) is 5.43. The molecule has 1 saturated heterocycles. The highest BCUT2D eigenvalue weighted by molar-refractivity contribution is 5.83. The number of carbonyl (C=O) groups is 2. The SMILES string of the molecule is Cc1nc(CNC(=O)[C@H]2CCC(=O)N(CC3CCCCC3)C2)cc(=O)[nH]1. The number of aromatic amines is 1. The van der Waals surface area contributed by atoms with Crippen molar-refractivity contribution in [2.24, 2.45) is 11.8 Å². The van der Waals surface area contributed by atoms with E-state index in [0.717, 1.165) is 6.54 Å². The van der Waals surface area contributed by atoms with Gasteiger partial charge in [0.2, 0.25) is 11.8 Å². The van der Waals surface area contributed by atoms with E-state index in [1.54, 1.807) is 6.92 Å². The van der Waals surface area contributed by atoms with E-state index in [1.807, 2.05) is 4.90 Å². The molecule has 0 radical (unpaired) electrons. The lowest BCUT2D eigenvalue weighted by Crippen LogP contribution is -2.47. The highest BCUT2D eigenvalue weighted by atomic mass is 16.2.